The number of nitrogens with one attached hydrogen (secondary N) is 1. The molecular formula is C30H36FN3O6S. The minimum atomic E-state index is -4.29. The smallest absolute Gasteiger partial charge is 0.264 e. The van der Waals surface area contributed by atoms with Crippen molar-refractivity contribution in [2.75, 3.05) is 31.1 Å². The maximum Gasteiger partial charge on any atom is 0.264 e. The molecular weight excluding hydrogens is 549 g/mol. The topological polar surface area (TPSA) is 105 Å². The number of rotatable bonds is 14. The SMILES string of the molecule is CCNC(=O)C(CC)N(Cc1cccc(OC)c1)C(=O)CN(c1ccc(F)cc1)S(=O)(=O)c1ccc(OCC)cc1. The van der Waals surface area contributed by atoms with Gasteiger partial charge >= 0.3 is 0 Å². The van der Waals surface area contributed by atoms with Gasteiger partial charge in [0.15, 0.2) is 0 Å². The number of carbonyl (C=O) groups excluding carboxylic acids is 2. The summed E-state index contributed by atoms with van der Waals surface area (Å²) in [5.74, 6) is -0.445. The van der Waals surface area contributed by atoms with Gasteiger partial charge < -0.3 is 19.7 Å². The van der Waals surface area contributed by atoms with E-state index in [0.717, 1.165) is 16.4 Å². The fourth-order valence-corrected chi connectivity index (χ4v) is 5.73. The Kier molecular flexibility index (Phi) is 11.1. The largest absolute Gasteiger partial charge is 0.497 e. The number of hydrogen-bond acceptors (Lipinski definition) is 6. The Morgan fingerprint density at radius 3 is 2.22 bits per heavy atom. The van der Waals surface area contributed by atoms with Gasteiger partial charge in [0.05, 0.1) is 24.3 Å². The molecule has 0 heterocycles. The molecule has 0 aliphatic rings. The highest BCUT2D eigenvalue weighted by Crippen LogP contribution is 2.27. The van der Waals surface area contributed by atoms with Gasteiger partial charge in [-0.15, -0.1) is 0 Å². The number of likely N-dealkylation sites (N-methyl/N-ethyl adjacent to an activating group) is 1. The second-order valence-corrected chi connectivity index (χ2v) is 10.9. The summed E-state index contributed by atoms with van der Waals surface area (Å²) in [4.78, 5) is 28.3. The van der Waals surface area contributed by atoms with Crippen molar-refractivity contribution in [1.29, 1.82) is 0 Å². The average Bonchev–Trinajstić information content (AvgIpc) is 2.97. The van der Waals surface area contributed by atoms with Crippen molar-refractivity contribution in [3.05, 3.63) is 84.2 Å². The van der Waals surface area contributed by atoms with Gasteiger partial charge in [-0.1, -0.05) is 19.1 Å². The highest BCUT2D eigenvalue weighted by atomic mass is 32.2. The van der Waals surface area contributed by atoms with Crippen molar-refractivity contribution in [2.24, 2.45) is 0 Å². The molecule has 3 aromatic rings. The number of benzene rings is 3. The number of methoxy groups -OCH3 is 1. The molecule has 0 radical (unpaired) electrons. The standard InChI is InChI=1S/C30H36FN3O6S/c1-5-28(30(36)32-6-2)33(20-22-9-8-10-26(19-22)39-4)29(35)21-34(24-13-11-23(31)12-14-24)41(37,38)27-17-15-25(16-18-27)40-7-3/h8-19,28H,5-7,20-21H2,1-4H3,(H,32,36). The third kappa shape index (κ3) is 7.97. The number of ether oxygens (including phenoxy) is 2. The molecule has 1 unspecified atom stereocenters. The molecule has 0 aliphatic heterocycles. The highest BCUT2D eigenvalue weighted by Gasteiger charge is 2.33. The Balaban J connectivity index is 2.05. The molecule has 9 nitrogen and oxygen atoms in total. The summed E-state index contributed by atoms with van der Waals surface area (Å²) in [5, 5.41) is 2.76. The molecule has 0 spiro atoms. The Morgan fingerprint density at radius 2 is 1.63 bits per heavy atom. The van der Waals surface area contributed by atoms with Gasteiger partial charge in [-0.3, -0.25) is 13.9 Å². The van der Waals surface area contributed by atoms with Crippen molar-refractivity contribution in [3.8, 4) is 11.5 Å². The second kappa shape index (κ2) is 14.5. The van der Waals surface area contributed by atoms with Gasteiger partial charge in [-0.25, -0.2) is 12.8 Å². The van der Waals surface area contributed by atoms with Crippen LogP contribution in [0.25, 0.3) is 0 Å². The number of sulfonamides is 1. The molecule has 2 amide bonds. The maximum atomic E-state index is 14.0. The first-order valence-electron chi connectivity index (χ1n) is 13.4. The lowest BCUT2D eigenvalue weighted by atomic mass is 10.1. The zero-order valence-electron chi connectivity index (χ0n) is 23.7. The van der Waals surface area contributed by atoms with Crippen LogP contribution in [0.2, 0.25) is 0 Å². The minimum Gasteiger partial charge on any atom is -0.497 e. The Bertz CT molecular complexity index is 1410. The van der Waals surface area contributed by atoms with E-state index in [-0.39, 0.29) is 23.0 Å². The van der Waals surface area contributed by atoms with Crippen LogP contribution in [0.4, 0.5) is 10.1 Å². The van der Waals surface area contributed by atoms with Crippen molar-refractivity contribution >= 4 is 27.5 Å². The lowest BCUT2D eigenvalue weighted by molar-refractivity contribution is -0.140. The van der Waals surface area contributed by atoms with Crippen LogP contribution in [0, 0.1) is 5.82 Å². The quantitative estimate of drug-likeness (QED) is 0.301. The van der Waals surface area contributed by atoms with E-state index in [1.165, 1.54) is 48.4 Å². The fraction of sp³-hybridized carbons (Fsp3) is 0.333. The van der Waals surface area contributed by atoms with Gasteiger partial charge in [-0.2, -0.15) is 0 Å². The summed E-state index contributed by atoms with van der Waals surface area (Å²) < 4.78 is 53.2. The Morgan fingerprint density at radius 1 is 0.951 bits per heavy atom. The van der Waals surface area contributed by atoms with Crippen LogP contribution in [0.5, 0.6) is 11.5 Å². The first-order valence-corrected chi connectivity index (χ1v) is 14.8. The Hall–Kier alpha value is -4.12. The van der Waals surface area contributed by atoms with Crippen LogP contribution in [0.1, 0.15) is 32.8 Å². The summed E-state index contributed by atoms with van der Waals surface area (Å²) in [6.45, 7) is 5.56. The molecule has 1 atom stereocenters. The molecule has 0 bridgehead atoms. The predicted molar refractivity (Wildman–Crippen MR) is 155 cm³/mol. The van der Waals surface area contributed by atoms with Crippen molar-refractivity contribution < 1.29 is 31.9 Å². The molecule has 41 heavy (non-hydrogen) atoms. The van der Waals surface area contributed by atoms with Gasteiger partial charge in [0.25, 0.3) is 10.0 Å². The second-order valence-electron chi connectivity index (χ2n) is 9.08. The zero-order valence-corrected chi connectivity index (χ0v) is 24.5. The van der Waals surface area contributed by atoms with E-state index < -0.39 is 34.3 Å². The number of carbonyl (C=O) groups is 2. The Labute approximate surface area is 240 Å². The minimum absolute atomic E-state index is 0.0338. The number of nitrogens with zero attached hydrogens (tertiary/aromatic N) is 2. The van der Waals surface area contributed by atoms with Crippen LogP contribution >= 0.6 is 0 Å². The normalized spacial score (nSPS) is 11.8. The highest BCUT2D eigenvalue weighted by molar-refractivity contribution is 7.92. The van der Waals surface area contributed by atoms with E-state index >= 15 is 0 Å². The molecule has 220 valence electrons. The van der Waals surface area contributed by atoms with Gasteiger partial charge in [0.2, 0.25) is 11.8 Å². The van der Waals surface area contributed by atoms with E-state index in [2.05, 4.69) is 5.32 Å². The van der Waals surface area contributed by atoms with E-state index in [1.807, 2.05) is 6.92 Å². The summed E-state index contributed by atoms with van der Waals surface area (Å²) in [5.41, 5.74) is 0.796. The summed E-state index contributed by atoms with van der Waals surface area (Å²) in [7, 11) is -2.76. The molecule has 0 aliphatic carbocycles. The van der Waals surface area contributed by atoms with Crippen LogP contribution in [0.3, 0.4) is 0 Å². The number of anilines is 1. The van der Waals surface area contributed by atoms with Gasteiger partial charge in [0, 0.05) is 13.1 Å². The van der Waals surface area contributed by atoms with Crippen molar-refractivity contribution in [1.82, 2.24) is 10.2 Å². The molecule has 0 saturated carbocycles. The number of amides is 2. The lowest BCUT2D eigenvalue weighted by Gasteiger charge is -2.33. The van der Waals surface area contributed by atoms with Crippen LogP contribution in [0.15, 0.2) is 77.7 Å². The van der Waals surface area contributed by atoms with Crippen molar-refractivity contribution in [2.45, 2.75) is 44.7 Å². The molecule has 3 rings (SSSR count). The van der Waals surface area contributed by atoms with Crippen LogP contribution < -0.4 is 19.1 Å². The molecule has 0 aromatic heterocycles. The van der Waals surface area contributed by atoms with Crippen LogP contribution in [-0.2, 0) is 26.2 Å². The van der Waals surface area contributed by atoms with Crippen molar-refractivity contribution in [3.63, 3.8) is 0 Å². The zero-order chi connectivity index (χ0) is 30.0. The number of halogens is 1. The third-order valence-corrected chi connectivity index (χ3v) is 8.13. The lowest BCUT2D eigenvalue weighted by Crippen LogP contribution is -2.52. The third-order valence-electron chi connectivity index (χ3n) is 6.34. The summed E-state index contributed by atoms with van der Waals surface area (Å²) in [6, 6.07) is 16.9. The molecule has 11 heteroatoms. The summed E-state index contributed by atoms with van der Waals surface area (Å²) in [6.07, 6.45) is 0.295. The predicted octanol–water partition coefficient (Wildman–Crippen LogP) is 4.37. The van der Waals surface area contributed by atoms with E-state index in [1.54, 1.807) is 38.1 Å². The first-order chi connectivity index (χ1) is 19.6. The molecule has 0 saturated heterocycles. The maximum absolute atomic E-state index is 14.0. The fourth-order valence-electron chi connectivity index (χ4n) is 4.32. The van der Waals surface area contributed by atoms with Gasteiger partial charge in [0.1, 0.15) is 29.9 Å². The molecule has 0 fully saturated rings. The monoisotopic (exact) mass is 585 g/mol. The van der Waals surface area contributed by atoms with E-state index in [9.17, 15) is 22.4 Å². The first kappa shape index (κ1) is 31.4. The average molecular weight is 586 g/mol. The summed E-state index contributed by atoms with van der Waals surface area (Å²) >= 11 is 0. The van der Waals surface area contributed by atoms with E-state index in [4.69, 9.17) is 9.47 Å². The molecule has 1 N–H and O–H groups in total. The van der Waals surface area contributed by atoms with E-state index in [0.29, 0.717) is 36.6 Å². The van der Waals surface area contributed by atoms with Gasteiger partial charge in [-0.05, 0) is 86.5 Å². The number of hydrogen-bond donors (Lipinski definition) is 1. The molecule has 3 aromatic carbocycles. The van der Waals surface area contributed by atoms with Crippen LogP contribution in [-0.4, -0.2) is 58.0 Å².